The van der Waals surface area contributed by atoms with Gasteiger partial charge in [-0.25, -0.2) is 0 Å². The maximum absolute atomic E-state index is 12.9. The number of hydrogen-bond donors (Lipinski definition) is 0. The number of pyridine rings is 1. The van der Waals surface area contributed by atoms with Gasteiger partial charge >= 0.3 is 0 Å². The monoisotopic (exact) mass is 307 g/mol. The van der Waals surface area contributed by atoms with Gasteiger partial charge in [0.2, 0.25) is 5.78 Å². The topological polar surface area (TPSA) is 73.3 Å². The molecule has 2 aliphatic carbocycles. The summed E-state index contributed by atoms with van der Waals surface area (Å²) in [5.41, 5.74) is 1.86. The molecule has 1 aromatic heterocycles. The standard InChI is InChI=1S/C18H13NO4/c1-23-12-7-3-5-10-14(12)18(22)16-15(17(10)21)13-9(8-19-16)4-2-6-11(13)20/h3,5,7-8H,2,4,6H2,1H3. The molecule has 0 aliphatic heterocycles. The predicted molar refractivity (Wildman–Crippen MR) is 81.4 cm³/mol. The van der Waals surface area contributed by atoms with Crippen LogP contribution in [0.1, 0.15) is 60.7 Å². The van der Waals surface area contributed by atoms with Crippen LogP contribution in [0.15, 0.2) is 24.4 Å². The number of aromatic nitrogens is 1. The second-order valence-electron chi connectivity index (χ2n) is 5.70. The van der Waals surface area contributed by atoms with Gasteiger partial charge in [-0.05, 0) is 24.5 Å². The fourth-order valence-corrected chi connectivity index (χ4v) is 3.39. The number of ketones is 3. The van der Waals surface area contributed by atoms with Crippen molar-refractivity contribution in [2.24, 2.45) is 0 Å². The molecule has 0 bridgehead atoms. The van der Waals surface area contributed by atoms with E-state index >= 15 is 0 Å². The van der Waals surface area contributed by atoms with Gasteiger partial charge < -0.3 is 4.74 Å². The lowest BCUT2D eigenvalue weighted by Crippen LogP contribution is -2.28. The first-order chi connectivity index (χ1) is 11.1. The van der Waals surface area contributed by atoms with E-state index in [1.165, 1.54) is 7.11 Å². The minimum atomic E-state index is -0.367. The largest absolute Gasteiger partial charge is 0.496 e. The van der Waals surface area contributed by atoms with Crippen molar-refractivity contribution >= 4 is 17.3 Å². The Bertz CT molecular complexity index is 898. The Labute approximate surface area is 132 Å². The molecular formula is C18H13NO4. The molecule has 1 heterocycles. The maximum Gasteiger partial charge on any atom is 0.216 e. The van der Waals surface area contributed by atoms with Gasteiger partial charge in [0, 0.05) is 23.7 Å². The third-order valence-corrected chi connectivity index (χ3v) is 4.45. The Balaban J connectivity index is 2.04. The van der Waals surface area contributed by atoms with E-state index in [-0.39, 0.29) is 39.7 Å². The Morgan fingerprint density at radius 2 is 1.83 bits per heavy atom. The molecule has 0 unspecified atom stereocenters. The third kappa shape index (κ3) is 1.79. The molecule has 2 aliphatic rings. The number of aryl methyl sites for hydroxylation is 1. The van der Waals surface area contributed by atoms with Crippen LogP contribution >= 0.6 is 0 Å². The Morgan fingerprint density at radius 1 is 1.00 bits per heavy atom. The van der Waals surface area contributed by atoms with Crippen LogP contribution in [0.25, 0.3) is 0 Å². The molecular weight excluding hydrogens is 294 g/mol. The Hall–Kier alpha value is -2.82. The number of carbonyl (C=O) groups excluding carboxylic acids is 3. The number of hydrogen-bond acceptors (Lipinski definition) is 5. The highest BCUT2D eigenvalue weighted by Gasteiger charge is 2.38. The zero-order chi connectivity index (χ0) is 16.1. The summed E-state index contributed by atoms with van der Waals surface area (Å²) in [7, 11) is 1.45. The van der Waals surface area contributed by atoms with E-state index in [9.17, 15) is 14.4 Å². The lowest BCUT2D eigenvalue weighted by Gasteiger charge is -2.24. The first-order valence-corrected chi connectivity index (χ1v) is 7.45. The van der Waals surface area contributed by atoms with Crippen molar-refractivity contribution in [3.05, 3.63) is 57.9 Å². The molecule has 2 aromatic rings. The molecule has 0 saturated carbocycles. The van der Waals surface area contributed by atoms with E-state index in [0.717, 1.165) is 12.0 Å². The van der Waals surface area contributed by atoms with Gasteiger partial charge in [0.25, 0.3) is 0 Å². The summed E-state index contributed by atoms with van der Waals surface area (Å²) >= 11 is 0. The minimum absolute atomic E-state index is 0.0565. The van der Waals surface area contributed by atoms with Gasteiger partial charge in [0.15, 0.2) is 11.6 Å². The first-order valence-electron chi connectivity index (χ1n) is 7.45. The van der Waals surface area contributed by atoms with Crippen molar-refractivity contribution in [2.75, 3.05) is 7.11 Å². The predicted octanol–water partition coefficient (Wildman–Crippen LogP) is 2.38. The summed E-state index contributed by atoms with van der Waals surface area (Å²) in [5, 5.41) is 0. The average molecular weight is 307 g/mol. The highest BCUT2D eigenvalue weighted by atomic mass is 16.5. The van der Waals surface area contributed by atoms with Gasteiger partial charge in [-0.2, -0.15) is 0 Å². The number of benzene rings is 1. The van der Waals surface area contributed by atoms with E-state index in [1.807, 2.05) is 0 Å². The molecule has 0 spiro atoms. The lowest BCUT2D eigenvalue weighted by molar-refractivity contribution is 0.0946. The molecule has 1 aromatic carbocycles. The number of nitrogens with zero attached hydrogens (tertiary/aromatic N) is 1. The summed E-state index contributed by atoms with van der Waals surface area (Å²) in [6.45, 7) is 0. The first kappa shape index (κ1) is 13.8. The van der Waals surface area contributed by atoms with Crippen LogP contribution in [-0.2, 0) is 6.42 Å². The summed E-state index contributed by atoms with van der Waals surface area (Å²) < 4.78 is 5.21. The summed E-state index contributed by atoms with van der Waals surface area (Å²) in [6, 6.07) is 4.89. The van der Waals surface area contributed by atoms with E-state index in [0.29, 0.717) is 24.2 Å². The quantitative estimate of drug-likeness (QED) is 0.690. The molecule has 0 atom stereocenters. The highest BCUT2D eigenvalue weighted by Crippen LogP contribution is 2.36. The molecule has 114 valence electrons. The summed E-state index contributed by atoms with van der Waals surface area (Å²) in [6.07, 6.45) is 3.40. The molecule has 0 N–H and O–H groups in total. The zero-order valence-corrected chi connectivity index (χ0v) is 12.5. The van der Waals surface area contributed by atoms with E-state index in [1.54, 1.807) is 24.4 Å². The van der Waals surface area contributed by atoms with Crippen molar-refractivity contribution in [2.45, 2.75) is 19.3 Å². The van der Waals surface area contributed by atoms with Crippen LogP contribution < -0.4 is 4.74 Å². The minimum Gasteiger partial charge on any atom is -0.496 e. The zero-order valence-electron chi connectivity index (χ0n) is 12.5. The number of ether oxygens (including phenoxy) is 1. The van der Waals surface area contributed by atoms with Crippen molar-refractivity contribution < 1.29 is 19.1 Å². The molecule has 4 rings (SSSR count). The van der Waals surface area contributed by atoms with Crippen LogP contribution in [0.4, 0.5) is 0 Å². The maximum atomic E-state index is 12.9. The smallest absolute Gasteiger partial charge is 0.216 e. The van der Waals surface area contributed by atoms with Crippen LogP contribution in [0.5, 0.6) is 5.75 Å². The normalized spacial score (nSPS) is 15.8. The van der Waals surface area contributed by atoms with Crippen molar-refractivity contribution in [1.29, 1.82) is 0 Å². The molecule has 0 saturated heterocycles. The van der Waals surface area contributed by atoms with Crippen LogP contribution in [0.2, 0.25) is 0 Å². The lowest BCUT2D eigenvalue weighted by atomic mass is 9.79. The number of fused-ring (bicyclic) bond motifs is 4. The number of methoxy groups -OCH3 is 1. The molecule has 0 radical (unpaired) electrons. The highest BCUT2D eigenvalue weighted by molar-refractivity contribution is 6.31. The van der Waals surface area contributed by atoms with Gasteiger partial charge in [-0.3, -0.25) is 19.4 Å². The van der Waals surface area contributed by atoms with E-state index in [2.05, 4.69) is 4.98 Å². The SMILES string of the molecule is COc1cccc2c1C(=O)c1ncc3c(c1C2=O)C(=O)CCC3. The van der Waals surface area contributed by atoms with Gasteiger partial charge in [0.1, 0.15) is 11.4 Å². The van der Waals surface area contributed by atoms with E-state index in [4.69, 9.17) is 4.74 Å². The molecule has 5 nitrogen and oxygen atoms in total. The number of rotatable bonds is 1. The van der Waals surface area contributed by atoms with Crippen LogP contribution in [-0.4, -0.2) is 29.4 Å². The molecule has 0 fully saturated rings. The van der Waals surface area contributed by atoms with Gasteiger partial charge in [0.05, 0.1) is 18.2 Å². The van der Waals surface area contributed by atoms with Crippen LogP contribution in [0, 0.1) is 0 Å². The summed E-state index contributed by atoms with van der Waals surface area (Å²) in [4.78, 5) is 42.3. The number of Topliss-reactive ketones (excluding diaryl/α,β-unsaturated/α-hetero) is 1. The van der Waals surface area contributed by atoms with Gasteiger partial charge in [-0.1, -0.05) is 12.1 Å². The van der Waals surface area contributed by atoms with Crippen molar-refractivity contribution in [1.82, 2.24) is 4.98 Å². The molecule has 23 heavy (non-hydrogen) atoms. The van der Waals surface area contributed by atoms with Crippen molar-refractivity contribution in [3.8, 4) is 5.75 Å². The molecule has 0 amide bonds. The fraction of sp³-hybridized carbons (Fsp3) is 0.222. The van der Waals surface area contributed by atoms with Gasteiger partial charge in [-0.15, -0.1) is 0 Å². The fourth-order valence-electron chi connectivity index (χ4n) is 3.39. The second-order valence-corrected chi connectivity index (χ2v) is 5.70. The summed E-state index contributed by atoms with van der Waals surface area (Å²) in [5.74, 6) is -0.434. The third-order valence-electron chi connectivity index (χ3n) is 4.45. The molecule has 5 heteroatoms. The second kappa shape index (κ2) is 4.84. The van der Waals surface area contributed by atoms with E-state index < -0.39 is 0 Å². The number of carbonyl (C=O) groups is 3. The van der Waals surface area contributed by atoms with Crippen LogP contribution in [0.3, 0.4) is 0 Å². The average Bonchev–Trinajstić information content (AvgIpc) is 2.58. The van der Waals surface area contributed by atoms with Crippen molar-refractivity contribution in [3.63, 3.8) is 0 Å². The Morgan fingerprint density at radius 3 is 2.61 bits per heavy atom. The Kier molecular flexibility index (Phi) is 2.91.